The van der Waals surface area contributed by atoms with Crippen LogP contribution in [0.4, 0.5) is 29.1 Å². The van der Waals surface area contributed by atoms with Gasteiger partial charge in [-0.25, -0.2) is 9.37 Å². The van der Waals surface area contributed by atoms with Crippen LogP contribution in [-0.2, 0) is 6.18 Å². The molecule has 106 valence electrons. The molecular weight excluding hydrogens is 365 g/mol. The number of rotatable bonds is 2. The quantitative estimate of drug-likeness (QED) is 0.610. The van der Waals surface area contributed by atoms with Gasteiger partial charge >= 0.3 is 6.18 Å². The molecule has 1 aromatic heterocycles. The van der Waals surface area contributed by atoms with E-state index in [0.29, 0.717) is 4.47 Å². The summed E-state index contributed by atoms with van der Waals surface area (Å²) in [5, 5.41) is 2.21. The highest BCUT2D eigenvalue weighted by Gasteiger charge is 2.31. The summed E-state index contributed by atoms with van der Waals surface area (Å²) in [6.45, 7) is 0. The van der Waals surface area contributed by atoms with Crippen molar-refractivity contribution in [1.29, 1.82) is 0 Å². The van der Waals surface area contributed by atoms with Gasteiger partial charge in [-0.1, -0.05) is 0 Å². The number of hydrogen-bond acceptors (Lipinski definition) is 3. The van der Waals surface area contributed by atoms with Gasteiger partial charge in [0.15, 0.2) is 11.6 Å². The summed E-state index contributed by atoms with van der Waals surface area (Å²) in [5.74, 6) is -1.15. The Morgan fingerprint density at radius 2 is 1.95 bits per heavy atom. The van der Waals surface area contributed by atoms with Gasteiger partial charge in [0.1, 0.15) is 0 Å². The number of halogens is 6. The van der Waals surface area contributed by atoms with E-state index in [1.54, 1.807) is 0 Å². The summed E-state index contributed by atoms with van der Waals surface area (Å²) in [4.78, 5) is 6.97. The largest absolute Gasteiger partial charge is 0.416 e. The smallest absolute Gasteiger partial charge is 0.337 e. The van der Waals surface area contributed by atoms with Crippen molar-refractivity contribution < 1.29 is 17.6 Å². The number of anilines is 2. The Balaban J connectivity index is 2.40. The highest BCUT2D eigenvalue weighted by atomic mass is 79.9. The fraction of sp³-hybridized carbons (Fsp3) is 0.0909. The lowest BCUT2D eigenvalue weighted by Gasteiger charge is -2.12. The maximum atomic E-state index is 13.4. The first-order valence-electron chi connectivity index (χ1n) is 5.09. The first-order chi connectivity index (χ1) is 9.27. The minimum Gasteiger partial charge on any atom is -0.337 e. The maximum absolute atomic E-state index is 13.4. The minimum atomic E-state index is -4.50. The van der Waals surface area contributed by atoms with Gasteiger partial charge in [0.25, 0.3) is 0 Å². The summed E-state index contributed by atoms with van der Waals surface area (Å²) in [6, 6.07) is 2.93. The van der Waals surface area contributed by atoms with Crippen LogP contribution in [0.1, 0.15) is 5.56 Å². The van der Waals surface area contributed by atoms with Crippen molar-refractivity contribution in [2.45, 2.75) is 6.18 Å². The summed E-state index contributed by atoms with van der Waals surface area (Å²) >= 11 is 8.58. The monoisotopic (exact) mass is 369 g/mol. The van der Waals surface area contributed by atoms with Crippen LogP contribution in [0.3, 0.4) is 0 Å². The molecule has 0 aliphatic rings. The second kappa shape index (κ2) is 5.53. The van der Waals surface area contributed by atoms with Gasteiger partial charge in [-0.05, 0) is 45.7 Å². The average Bonchev–Trinajstić information content (AvgIpc) is 2.35. The van der Waals surface area contributed by atoms with Gasteiger partial charge < -0.3 is 5.32 Å². The van der Waals surface area contributed by atoms with Gasteiger partial charge in [0.05, 0.1) is 17.4 Å². The molecule has 0 saturated heterocycles. The number of alkyl halides is 3. The zero-order chi connectivity index (χ0) is 14.9. The van der Waals surface area contributed by atoms with E-state index in [1.165, 1.54) is 6.07 Å². The zero-order valence-electron chi connectivity index (χ0n) is 9.47. The molecular formula is C11H5BrClF4N3. The predicted molar refractivity (Wildman–Crippen MR) is 69.4 cm³/mol. The molecule has 0 spiro atoms. The van der Waals surface area contributed by atoms with Crippen molar-refractivity contribution in [1.82, 2.24) is 9.97 Å². The third kappa shape index (κ3) is 3.37. The van der Waals surface area contributed by atoms with E-state index in [2.05, 4.69) is 31.2 Å². The Labute approximate surface area is 124 Å². The number of nitrogens with one attached hydrogen (secondary N) is 1. The van der Waals surface area contributed by atoms with E-state index >= 15 is 0 Å². The molecule has 9 heteroatoms. The molecule has 0 saturated carbocycles. The average molecular weight is 371 g/mol. The summed E-state index contributed by atoms with van der Waals surface area (Å²) in [5.41, 5.74) is -0.864. The van der Waals surface area contributed by atoms with Crippen LogP contribution in [0.5, 0.6) is 0 Å². The van der Waals surface area contributed by atoms with E-state index in [4.69, 9.17) is 11.6 Å². The van der Waals surface area contributed by atoms with Crippen LogP contribution in [-0.4, -0.2) is 9.97 Å². The van der Waals surface area contributed by atoms with Crippen LogP contribution in [0.2, 0.25) is 5.28 Å². The Morgan fingerprint density at radius 1 is 1.25 bits per heavy atom. The molecule has 0 radical (unpaired) electrons. The molecule has 0 fully saturated rings. The van der Waals surface area contributed by atoms with Gasteiger partial charge in [0, 0.05) is 4.47 Å². The predicted octanol–water partition coefficient (Wildman–Crippen LogP) is 4.79. The van der Waals surface area contributed by atoms with Crippen LogP contribution in [0.15, 0.2) is 28.9 Å². The van der Waals surface area contributed by atoms with Gasteiger partial charge in [0.2, 0.25) is 5.28 Å². The number of benzene rings is 1. The van der Waals surface area contributed by atoms with E-state index in [9.17, 15) is 17.6 Å². The van der Waals surface area contributed by atoms with Crippen LogP contribution < -0.4 is 5.32 Å². The van der Waals surface area contributed by atoms with Gasteiger partial charge in [-0.2, -0.15) is 18.2 Å². The van der Waals surface area contributed by atoms with E-state index in [1.807, 2.05) is 0 Å². The van der Waals surface area contributed by atoms with Crippen molar-refractivity contribution in [3.05, 3.63) is 45.5 Å². The van der Waals surface area contributed by atoms with Crippen molar-refractivity contribution in [2.75, 3.05) is 5.32 Å². The number of nitrogens with zero attached hydrogens (tertiary/aromatic N) is 2. The van der Waals surface area contributed by atoms with Crippen molar-refractivity contribution >= 4 is 39.0 Å². The second-order valence-electron chi connectivity index (χ2n) is 3.65. The first-order valence-corrected chi connectivity index (χ1v) is 6.26. The van der Waals surface area contributed by atoms with Crippen LogP contribution >= 0.6 is 27.5 Å². The molecule has 20 heavy (non-hydrogen) atoms. The third-order valence-corrected chi connectivity index (χ3v) is 3.14. The van der Waals surface area contributed by atoms with Crippen molar-refractivity contribution in [3.8, 4) is 0 Å². The third-order valence-electron chi connectivity index (χ3n) is 2.26. The molecule has 1 N–H and O–H groups in total. The molecule has 0 unspecified atom stereocenters. The van der Waals surface area contributed by atoms with Gasteiger partial charge in [-0.15, -0.1) is 0 Å². The molecule has 3 nitrogen and oxygen atoms in total. The highest BCUT2D eigenvalue weighted by Crippen LogP contribution is 2.35. The lowest BCUT2D eigenvalue weighted by molar-refractivity contribution is -0.137. The number of aromatic nitrogens is 2. The molecule has 0 atom stereocenters. The topological polar surface area (TPSA) is 37.8 Å². The molecule has 0 aliphatic carbocycles. The van der Waals surface area contributed by atoms with Crippen molar-refractivity contribution in [3.63, 3.8) is 0 Å². The van der Waals surface area contributed by atoms with E-state index in [0.717, 1.165) is 18.3 Å². The first kappa shape index (κ1) is 15.0. The Kier molecular flexibility index (Phi) is 4.14. The fourth-order valence-corrected chi connectivity index (χ4v) is 1.84. The molecule has 0 bridgehead atoms. The molecule has 2 aromatic rings. The molecule has 1 heterocycles. The SMILES string of the molecule is Fc1cnc(Cl)nc1Nc1cc(C(F)(F)F)ccc1Br. The molecule has 2 rings (SSSR count). The molecule has 0 aliphatic heterocycles. The number of hydrogen-bond donors (Lipinski definition) is 1. The Bertz CT molecular complexity index is 648. The van der Waals surface area contributed by atoms with Gasteiger partial charge in [-0.3, -0.25) is 0 Å². The lowest BCUT2D eigenvalue weighted by atomic mass is 10.2. The summed E-state index contributed by atoms with van der Waals surface area (Å²) in [6.07, 6.45) is -3.68. The zero-order valence-corrected chi connectivity index (χ0v) is 11.8. The van der Waals surface area contributed by atoms with Crippen molar-refractivity contribution in [2.24, 2.45) is 0 Å². The lowest BCUT2D eigenvalue weighted by Crippen LogP contribution is -2.06. The van der Waals surface area contributed by atoms with Crippen LogP contribution in [0.25, 0.3) is 0 Å². The second-order valence-corrected chi connectivity index (χ2v) is 4.85. The highest BCUT2D eigenvalue weighted by molar-refractivity contribution is 9.10. The maximum Gasteiger partial charge on any atom is 0.416 e. The van der Waals surface area contributed by atoms with Crippen LogP contribution in [0, 0.1) is 5.82 Å². The summed E-state index contributed by atoms with van der Waals surface area (Å²) in [7, 11) is 0. The standard InChI is InChI=1S/C11H5BrClF4N3/c12-6-2-1-5(11(15,16)17)3-8(6)19-9-7(14)4-18-10(13)20-9/h1-4H,(H,18,19,20). The molecule has 1 aromatic carbocycles. The Morgan fingerprint density at radius 3 is 2.60 bits per heavy atom. The minimum absolute atomic E-state index is 0.00786. The van der Waals surface area contributed by atoms with E-state index in [-0.39, 0.29) is 16.8 Å². The van der Waals surface area contributed by atoms with E-state index < -0.39 is 17.6 Å². The Hall–Kier alpha value is -1.41. The normalized spacial score (nSPS) is 11.5. The summed E-state index contributed by atoms with van der Waals surface area (Å²) < 4.78 is 51.6. The molecule has 0 amide bonds. The fourth-order valence-electron chi connectivity index (χ4n) is 1.36.